The Morgan fingerprint density at radius 3 is 3.04 bits per heavy atom. The molecule has 23 heavy (non-hydrogen) atoms. The number of aromatic nitrogens is 1. The minimum absolute atomic E-state index is 0.0483. The third kappa shape index (κ3) is 3.71. The van der Waals surface area contributed by atoms with Gasteiger partial charge in [-0.25, -0.2) is 4.39 Å². The number of aliphatic hydroxyl groups is 2. The van der Waals surface area contributed by atoms with E-state index in [2.05, 4.69) is 9.88 Å². The second kappa shape index (κ2) is 6.81. The van der Waals surface area contributed by atoms with Gasteiger partial charge in [0.25, 0.3) is 0 Å². The molecule has 1 aromatic heterocycles. The highest BCUT2D eigenvalue weighted by Crippen LogP contribution is 2.36. The van der Waals surface area contributed by atoms with E-state index in [4.69, 9.17) is 4.74 Å². The number of rotatable bonds is 4. The van der Waals surface area contributed by atoms with Crippen LogP contribution in [-0.4, -0.2) is 58.0 Å². The topological polar surface area (TPSA) is 65.8 Å². The summed E-state index contributed by atoms with van der Waals surface area (Å²) in [4.78, 5) is 6.17. The lowest BCUT2D eigenvalue weighted by atomic mass is 9.79. The molecule has 0 spiro atoms. The van der Waals surface area contributed by atoms with Crippen molar-refractivity contribution < 1.29 is 19.3 Å². The average Bonchev–Trinajstić information content (AvgIpc) is 2.95. The second-order valence-corrected chi connectivity index (χ2v) is 6.91. The van der Waals surface area contributed by atoms with Crippen molar-refractivity contribution in [3.05, 3.63) is 29.8 Å². The van der Waals surface area contributed by atoms with E-state index in [1.54, 1.807) is 0 Å². The lowest BCUT2D eigenvalue weighted by Gasteiger charge is -2.43. The Kier molecular flexibility index (Phi) is 4.96. The summed E-state index contributed by atoms with van der Waals surface area (Å²) in [5, 5.41) is 21.1. The van der Waals surface area contributed by atoms with E-state index in [0.29, 0.717) is 31.9 Å². The van der Waals surface area contributed by atoms with Crippen LogP contribution in [0.15, 0.2) is 18.3 Å². The number of pyridine rings is 1. The van der Waals surface area contributed by atoms with Crippen molar-refractivity contribution in [2.45, 2.75) is 43.9 Å². The van der Waals surface area contributed by atoms with Gasteiger partial charge >= 0.3 is 0 Å². The predicted octanol–water partition coefficient (Wildman–Crippen LogP) is 1.51. The van der Waals surface area contributed by atoms with Gasteiger partial charge in [-0.05, 0) is 44.9 Å². The molecule has 3 heterocycles. The Morgan fingerprint density at radius 1 is 1.52 bits per heavy atom. The van der Waals surface area contributed by atoms with Crippen molar-refractivity contribution >= 4 is 0 Å². The van der Waals surface area contributed by atoms with Crippen molar-refractivity contribution in [2.24, 2.45) is 5.92 Å². The van der Waals surface area contributed by atoms with Crippen molar-refractivity contribution in [3.63, 3.8) is 0 Å². The maximum absolute atomic E-state index is 12.9. The van der Waals surface area contributed by atoms with Gasteiger partial charge in [-0.1, -0.05) is 0 Å². The molecule has 4 atom stereocenters. The summed E-state index contributed by atoms with van der Waals surface area (Å²) >= 11 is 0. The Morgan fingerprint density at radius 2 is 2.35 bits per heavy atom. The number of halogens is 1. The molecule has 2 aliphatic rings. The lowest BCUT2D eigenvalue weighted by Crippen LogP contribution is -2.53. The average molecular weight is 324 g/mol. The third-order valence-electron chi connectivity index (χ3n) is 5.23. The first-order valence-corrected chi connectivity index (χ1v) is 8.31. The molecule has 2 N–H and O–H groups in total. The number of aliphatic hydroxyl groups excluding tert-OH is 1. The molecule has 3 rings (SSSR count). The van der Waals surface area contributed by atoms with Gasteiger partial charge in [0.2, 0.25) is 0 Å². The van der Waals surface area contributed by atoms with Crippen LogP contribution in [0.2, 0.25) is 0 Å². The molecular formula is C17H25FN2O3. The van der Waals surface area contributed by atoms with Crippen LogP contribution in [0.5, 0.6) is 0 Å². The Bertz CT molecular complexity index is 523. The predicted molar refractivity (Wildman–Crippen MR) is 83.3 cm³/mol. The number of ether oxygens (including phenoxy) is 1. The fourth-order valence-corrected chi connectivity index (χ4v) is 3.81. The van der Waals surface area contributed by atoms with E-state index >= 15 is 0 Å². The van der Waals surface area contributed by atoms with E-state index in [9.17, 15) is 14.6 Å². The normalized spacial score (nSPS) is 33.7. The zero-order valence-corrected chi connectivity index (χ0v) is 13.5. The summed E-state index contributed by atoms with van der Waals surface area (Å²) < 4.78 is 18.5. The molecule has 2 fully saturated rings. The number of likely N-dealkylation sites (tertiary alicyclic amines) is 1. The highest BCUT2D eigenvalue weighted by molar-refractivity contribution is 5.09. The molecule has 1 aromatic rings. The van der Waals surface area contributed by atoms with Crippen LogP contribution in [0.25, 0.3) is 0 Å². The molecule has 2 aliphatic heterocycles. The fourth-order valence-electron chi connectivity index (χ4n) is 3.81. The van der Waals surface area contributed by atoms with E-state index in [0.717, 1.165) is 25.6 Å². The number of nitrogens with zero attached hydrogens (tertiary/aromatic N) is 2. The highest BCUT2D eigenvalue weighted by Gasteiger charge is 2.44. The minimum atomic E-state index is -0.759. The lowest BCUT2D eigenvalue weighted by molar-refractivity contribution is -0.125. The van der Waals surface area contributed by atoms with Crippen molar-refractivity contribution in [1.29, 1.82) is 0 Å². The Balaban J connectivity index is 1.68. The molecule has 0 amide bonds. The molecule has 2 saturated heterocycles. The molecule has 0 aromatic carbocycles. The van der Waals surface area contributed by atoms with Crippen LogP contribution in [0, 0.1) is 11.7 Å². The fraction of sp³-hybridized carbons (Fsp3) is 0.706. The van der Waals surface area contributed by atoms with Crippen LogP contribution >= 0.6 is 0 Å². The van der Waals surface area contributed by atoms with Gasteiger partial charge in [0.05, 0.1) is 24.1 Å². The van der Waals surface area contributed by atoms with Gasteiger partial charge in [-0.3, -0.25) is 9.88 Å². The van der Waals surface area contributed by atoms with Gasteiger partial charge in [-0.15, -0.1) is 0 Å². The summed E-state index contributed by atoms with van der Waals surface area (Å²) in [5.74, 6) is -0.359. The maximum Gasteiger partial charge on any atom is 0.141 e. The Hall–Kier alpha value is -1.08. The van der Waals surface area contributed by atoms with Gasteiger partial charge < -0.3 is 14.9 Å². The minimum Gasteiger partial charge on any atom is -0.390 e. The summed E-state index contributed by atoms with van der Waals surface area (Å²) in [7, 11) is 0. The first-order valence-electron chi connectivity index (χ1n) is 8.31. The molecule has 0 aliphatic carbocycles. The zero-order chi connectivity index (χ0) is 16.4. The van der Waals surface area contributed by atoms with Gasteiger partial charge in [0.1, 0.15) is 11.9 Å². The molecule has 0 radical (unpaired) electrons. The molecular weight excluding hydrogens is 299 g/mol. The molecule has 6 heteroatoms. The van der Waals surface area contributed by atoms with Gasteiger partial charge in [0.15, 0.2) is 0 Å². The van der Waals surface area contributed by atoms with Crippen molar-refractivity contribution in [3.8, 4) is 0 Å². The van der Waals surface area contributed by atoms with Crippen LogP contribution in [0.4, 0.5) is 4.39 Å². The molecule has 128 valence electrons. The summed E-state index contributed by atoms with van der Waals surface area (Å²) in [6.45, 7) is 4.36. The van der Waals surface area contributed by atoms with Crippen LogP contribution in [0.1, 0.15) is 38.0 Å². The van der Waals surface area contributed by atoms with Gasteiger partial charge in [-0.2, -0.15) is 0 Å². The number of hydrogen-bond donors (Lipinski definition) is 2. The molecule has 4 unspecified atom stereocenters. The van der Waals surface area contributed by atoms with Crippen LogP contribution < -0.4 is 0 Å². The second-order valence-electron chi connectivity index (χ2n) is 6.91. The van der Waals surface area contributed by atoms with Crippen molar-refractivity contribution in [2.75, 3.05) is 26.3 Å². The molecule has 0 saturated carbocycles. The Labute approximate surface area is 136 Å². The smallest absolute Gasteiger partial charge is 0.141 e. The van der Waals surface area contributed by atoms with Crippen molar-refractivity contribution in [1.82, 2.24) is 9.88 Å². The van der Waals surface area contributed by atoms with E-state index in [-0.39, 0.29) is 12.0 Å². The zero-order valence-electron chi connectivity index (χ0n) is 13.5. The number of hydrogen-bond acceptors (Lipinski definition) is 5. The first kappa shape index (κ1) is 16.8. The number of β-amino-alcohol motifs (C(OH)–C–C–N with tert-alkyl or cyclic N) is 1. The van der Waals surface area contributed by atoms with Gasteiger partial charge in [0, 0.05) is 25.1 Å². The standard InChI is InChI=1S/C17H25FN2O3/c1-17(22)6-8-23-11-13(17)15-3-2-7-20(15)10-16(21)14-5-4-12(18)9-19-14/h4-5,9,13,15-16,21-22H,2-3,6-8,10-11H2,1H3. The largest absolute Gasteiger partial charge is 0.390 e. The molecule has 0 bridgehead atoms. The summed E-state index contributed by atoms with van der Waals surface area (Å²) in [5.41, 5.74) is -0.256. The molecule has 5 nitrogen and oxygen atoms in total. The van der Waals surface area contributed by atoms with Crippen LogP contribution in [-0.2, 0) is 4.74 Å². The van der Waals surface area contributed by atoms with E-state index in [1.165, 1.54) is 12.1 Å². The monoisotopic (exact) mass is 324 g/mol. The van der Waals surface area contributed by atoms with Crippen LogP contribution in [0.3, 0.4) is 0 Å². The summed E-state index contributed by atoms with van der Waals surface area (Å²) in [6.07, 6.45) is 3.05. The quantitative estimate of drug-likeness (QED) is 0.879. The van der Waals surface area contributed by atoms with E-state index < -0.39 is 17.5 Å². The maximum atomic E-state index is 12.9. The SMILES string of the molecule is CC1(O)CCOCC1C1CCCN1CC(O)c1ccc(F)cn1. The first-order chi connectivity index (χ1) is 11.0. The third-order valence-corrected chi connectivity index (χ3v) is 5.23. The highest BCUT2D eigenvalue weighted by atomic mass is 19.1. The summed E-state index contributed by atoms with van der Waals surface area (Å²) in [6, 6.07) is 3.03. The van der Waals surface area contributed by atoms with E-state index in [1.807, 2.05) is 6.92 Å².